The van der Waals surface area contributed by atoms with Crippen molar-refractivity contribution in [1.29, 1.82) is 0 Å². The van der Waals surface area contributed by atoms with Gasteiger partial charge >= 0.3 is 0 Å². The summed E-state index contributed by atoms with van der Waals surface area (Å²) in [5.41, 5.74) is 0. The molecule has 0 fully saturated rings. The van der Waals surface area contributed by atoms with Crippen LogP contribution in [-0.4, -0.2) is 43.6 Å². The topological polar surface area (TPSA) is 20.2 Å². The molecule has 1 N–H and O–H groups in total. The molecule has 0 heterocycles. The van der Waals surface area contributed by atoms with Crippen LogP contribution >= 0.6 is 0 Å². The molecule has 0 aromatic heterocycles. The highest BCUT2D eigenvalue weighted by Crippen LogP contribution is 1.93. The number of rotatable bonds is 3. The Morgan fingerprint density at radius 1 is 1.50 bits per heavy atom. The lowest BCUT2D eigenvalue weighted by Gasteiger charge is -2.24. The third kappa shape index (κ3) is 2.93. The molecule has 0 spiro atoms. The molecule has 0 aliphatic rings. The fourth-order valence-electron chi connectivity index (χ4n) is 0.330. The van der Waals surface area contributed by atoms with Crippen LogP contribution in [0.1, 0.15) is 0 Å². The van der Waals surface area contributed by atoms with Gasteiger partial charge in [0.15, 0.2) is 0 Å². The Morgan fingerprint density at radius 3 is 2.12 bits per heavy atom. The summed E-state index contributed by atoms with van der Waals surface area (Å²) in [5, 5.41) is 8.35. The Kier molecular flexibility index (Phi) is 2.94. The minimum atomic E-state index is -0.416. The maximum absolute atomic E-state index is 11.8. The molecule has 0 bridgehead atoms. The van der Waals surface area contributed by atoms with Gasteiger partial charge in [-0.2, -0.15) is 4.39 Å². The second kappa shape index (κ2) is 2.99. The zero-order chi connectivity index (χ0) is 6.62. The summed E-state index contributed by atoms with van der Waals surface area (Å²) >= 11 is 0. The molecule has 0 rings (SSSR count). The quantitative estimate of drug-likeness (QED) is 0.412. The Morgan fingerprint density at radius 2 is 2.00 bits per heavy atom. The molecule has 0 unspecified atom stereocenters. The Labute approximate surface area is 49.1 Å². The highest BCUT2D eigenvalue weighted by molar-refractivity contribution is 4.21. The number of alkyl halides is 1. The third-order valence-electron chi connectivity index (χ3n) is 1.03. The van der Waals surface area contributed by atoms with Crippen LogP contribution in [0.3, 0.4) is 0 Å². The van der Waals surface area contributed by atoms with Crippen LogP contribution in [0.4, 0.5) is 4.39 Å². The molecule has 0 aromatic rings. The van der Waals surface area contributed by atoms with E-state index in [0.717, 1.165) is 0 Å². The number of likely N-dealkylation sites (N-methyl/N-ethyl adjacent to an activating group) is 1. The minimum absolute atomic E-state index is 0.0525. The van der Waals surface area contributed by atoms with Gasteiger partial charge in [-0.25, -0.2) is 0 Å². The SMILES string of the molecule is C[N+](C)(C[19F])CCO. The van der Waals surface area contributed by atoms with Gasteiger partial charge in [-0.1, -0.05) is 0 Å². The van der Waals surface area contributed by atoms with E-state index in [4.69, 9.17) is 5.11 Å². The standard InChI is InChI=1S/C5H13FNO/c1-7(2,5-6)3-4-8/h8H,3-5H2,1-2H3/q+1/i6+0. The van der Waals surface area contributed by atoms with Gasteiger partial charge in [0, 0.05) is 0 Å². The van der Waals surface area contributed by atoms with Crippen molar-refractivity contribution in [3.05, 3.63) is 0 Å². The van der Waals surface area contributed by atoms with Crippen molar-refractivity contribution in [3.8, 4) is 0 Å². The summed E-state index contributed by atoms with van der Waals surface area (Å²) in [4.78, 5) is 0. The molecule has 0 atom stereocenters. The molecule has 0 radical (unpaired) electrons. The van der Waals surface area contributed by atoms with Crippen molar-refractivity contribution in [2.24, 2.45) is 0 Å². The van der Waals surface area contributed by atoms with E-state index in [2.05, 4.69) is 0 Å². The van der Waals surface area contributed by atoms with E-state index in [1.54, 1.807) is 14.1 Å². The highest BCUT2D eigenvalue weighted by Gasteiger charge is 2.11. The molecule has 0 amide bonds. The van der Waals surface area contributed by atoms with Gasteiger partial charge in [0.05, 0.1) is 20.7 Å². The predicted octanol–water partition coefficient (Wildman–Crippen LogP) is -0.0179. The maximum Gasteiger partial charge on any atom is 0.221 e. The second-order valence-corrected chi connectivity index (χ2v) is 2.50. The van der Waals surface area contributed by atoms with Gasteiger partial charge in [0.1, 0.15) is 6.54 Å². The van der Waals surface area contributed by atoms with Gasteiger partial charge in [0.2, 0.25) is 6.80 Å². The average molecular weight is 122 g/mol. The lowest BCUT2D eigenvalue weighted by Crippen LogP contribution is -2.40. The van der Waals surface area contributed by atoms with E-state index in [1.165, 1.54) is 0 Å². The zero-order valence-corrected chi connectivity index (χ0v) is 5.39. The second-order valence-electron chi connectivity index (χ2n) is 2.50. The number of aliphatic hydroxyl groups excluding tert-OH is 1. The predicted molar refractivity (Wildman–Crippen MR) is 30.0 cm³/mol. The van der Waals surface area contributed by atoms with Gasteiger partial charge in [-0.15, -0.1) is 0 Å². The monoisotopic (exact) mass is 122 g/mol. The molecule has 50 valence electrons. The normalized spacial score (nSPS) is 12.0. The van der Waals surface area contributed by atoms with Crippen LogP contribution in [0.2, 0.25) is 0 Å². The Balaban J connectivity index is 3.37. The summed E-state index contributed by atoms with van der Waals surface area (Å²) in [6, 6.07) is 0. The van der Waals surface area contributed by atoms with Gasteiger partial charge in [0.25, 0.3) is 0 Å². The Bertz CT molecular complexity index is 65.4. The number of halogens is 1. The lowest BCUT2D eigenvalue weighted by atomic mass is 10.5. The number of hydrogen-bond donors (Lipinski definition) is 1. The number of aliphatic hydroxyl groups is 1. The highest BCUT2D eigenvalue weighted by atomic mass is 19.1. The smallest absolute Gasteiger partial charge is 0.221 e. The number of nitrogens with zero attached hydrogens (tertiary/aromatic N) is 1. The van der Waals surface area contributed by atoms with Crippen LogP contribution in [-0.2, 0) is 0 Å². The summed E-state index contributed by atoms with van der Waals surface area (Å²) in [5.74, 6) is 0. The zero-order valence-electron chi connectivity index (χ0n) is 5.39. The van der Waals surface area contributed by atoms with Gasteiger partial charge in [-0.05, 0) is 0 Å². The van der Waals surface area contributed by atoms with E-state index in [0.29, 0.717) is 6.54 Å². The van der Waals surface area contributed by atoms with Crippen molar-refractivity contribution < 1.29 is 14.0 Å². The summed E-state index contributed by atoms with van der Waals surface area (Å²) in [6.07, 6.45) is 0. The largest absolute Gasteiger partial charge is 0.391 e. The van der Waals surface area contributed by atoms with E-state index in [1.807, 2.05) is 0 Å². The Hall–Kier alpha value is -0.150. The fraction of sp³-hybridized carbons (Fsp3) is 1.00. The molecule has 2 nitrogen and oxygen atoms in total. The van der Waals surface area contributed by atoms with Gasteiger partial charge < -0.3 is 9.59 Å². The maximum atomic E-state index is 11.8. The van der Waals surface area contributed by atoms with Crippen molar-refractivity contribution in [2.45, 2.75) is 0 Å². The molecular weight excluding hydrogens is 109 g/mol. The first-order chi connectivity index (χ1) is 3.62. The molecule has 3 heteroatoms. The summed E-state index contributed by atoms with van der Waals surface area (Å²) in [6.45, 7) is 0.119. The van der Waals surface area contributed by atoms with E-state index in [-0.39, 0.29) is 11.1 Å². The molecular formula is C5H13FNO+. The van der Waals surface area contributed by atoms with Crippen LogP contribution in [0.15, 0.2) is 0 Å². The first-order valence-corrected chi connectivity index (χ1v) is 2.61. The summed E-state index contributed by atoms with van der Waals surface area (Å²) in [7, 11) is 3.46. The summed E-state index contributed by atoms with van der Waals surface area (Å²) < 4.78 is 12.1. The van der Waals surface area contributed by atoms with Crippen molar-refractivity contribution >= 4 is 0 Å². The minimum Gasteiger partial charge on any atom is -0.391 e. The van der Waals surface area contributed by atoms with E-state index >= 15 is 0 Å². The lowest BCUT2D eigenvalue weighted by molar-refractivity contribution is -0.903. The van der Waals surface area contributed by atoms with Crippen LogP contribution < -0.4 is 0 Å². The fourth-order valence-corrected chi connectivity index (χ4v) is 0.330. The molecule has 0 aliphatic carbocycles. The van der Waals surface area contributed by atoms with Crippen molar-refractivity contribution in [3.63, 3.8) is 0 Å². The van der Waals surface area contributed by atoms with E-state index < -0.39 is 6.80 Å². The van der Waals surface area contributed by atoms with Gasteiger partial charge in [-0.3, -0.25) is 0 Å². The first kappa shape index (κ1) is 7.85. The van der Waals surface area contributed by atoms with Crippen LogP contribution in [0.5, 0.6) is 0 Å². The van der Waals surface area contributed by atoms with Crippen molar-refractivity contribution in [1.82, 2.24) is 0 Å². The molecule has 8 heavy (non-hydrogen) atoms. The molecule has 0 saturated carbocycles. The average Bonchev–Trinajstić information content (AvgIpc) is 1.67. The molecule has 0 aromatic carbocycles. The number of quaternary nitrogens is 1. The molecule has 0 saturated heterocycles. The third-order valence-corrected chi connectivity index (χ3v) is 1.03. The molecule has 0 aliphatic heterocycles. The van der Waals surface area contributed by atoms with Crippen molar-refractivity contribution in [2.75, 3.05) is 34.0 Å². The van der Waals surface area contributed by atoms with Crippen LogP contribution in [0, 0.1) is 0 Å². The first-order valence-electron chi connectivity index (χ1n) is 2.61. The van der Waals surface area contributed by atoms with E-state index in [9.17, 15) is 4.39 Å². The number of hydrogen-bond acceptors (Lipinski definition) is 1. The van der Waals surface area contributed by atoms with Crippen LogP contribution in [0.25, 0.3) is 0 Å².